The number of alkyl halides is 3. The lowest BCUT2D eigenvalue weighted by molar-refractivity contribution is -0.137. The van der Waals surface area contributed by atoms with Crippen molar-refractivity contribution in [1.82, 2.24) is 9.97 Å². The number of aromatic nitrogens is 2. The first-order valence-electron chi connectivity index (χ1n) is 9.07. The number of rotatable bonds is 4. The van der Waals surface area contributed by atoms with Gasteiger partial charge in [0.15, 0.2) is 0 Å². The summed E-state index contributed by atoms with van der Waals surface area (Å²) in [6.07, 6.45) is -2.91. The van der Waals surface area contributed by atoms with E-state index < -0.39 is 17.6 Å². The molecule has 1 amide bonds. The van der Waals surface area contributed by atoms with Gasteiger partial charge >= 0.3 is 6.18 Å². The Morgan fingerprint density at radius 1 is 1.00 bits per heavy atom. The zero-order chi connectivity index (χ0) is 22.0. The largest absolute Gasteiger partial charge is 0.416 e. The molecule has 0 saturated carbocycles. The molecular weight excluding hydrogens is 425 g/mol. The molecule has 1 heterocycles. The minimum atomic E-state index is -4.48. The number of amides is 1. The van der Waals surface area contributed by atoms with Gasteiger partial charge in [-0.05, 0) is 53.2 Å². The van der Waals surface area contributed by atoms with Gasteiger partial charge in [0, 0.05) is 22.3 Å². The molecule has 0 aliphatic rings. The average Bonchev–Trinajstić information content (AvgIpc) is 2.73. The zero-order valence-electron chi connectivity index (χ0n) is 15.9. The van der Waals surface area contributed by atoms with Crippen LogP contribution in [-0.2, 0) is 6.18 Å². The number of halogens is 3. The van der Waals surface area contributed by atoms with Crippen molar-refractivity contribution < 1.29 is 18.0 Å². The fourth-order valence-corrected chi connectivity index (χ4v) is 3.86. The Morgan fingerprint density at radius 3 is 2.58 bits per heavy atom. The number of nitrogens with zero attached hydrogens (tertiary/aromatic N) is 2. The monoisotopic (exact) mass is 440 g/mol. The third-order valence-corrected chi connectivity index (χ3v) is 5.34. The van der Waals surface area contributed by atoms with Crippen molar-refractivity contribution in [1.29, 1.82) is 0 Å². The number of nitrogens with one attached hydrogen (secondary N) is 1. The second-order valence-corrected chi connectivity index (χ2v) is 7.67. The molecule has 156 valence electrons. The van der Waals surface area contributed by atoms with Gasteiger partial charge in [-0.3, -0.25) is 4.79 Å². The first-order chi connectivity index (χ1) is 14.8. The lowest BCUT2D eigenvalue weighted by Gasteiger charge is -2.11. The van der Waals surface area contributed by atoms with Gasteiger partial charge in [-0.1, -0.05) is 36.0 Å². The van der Waals surface area contributed by atoms with Crippen molar-refractivity contribution in [2.24, 2.45) is 0 Å². The van der Waals surface area contributed by atoms with Gasteiger partial charge in [-0.25, -0.2) is 9.97 Å². The number of hydrogen-bond donors (Lipinski definition) is 2. The van der Waals surface area contributed by atoms with Crippen LogP contribution in [0.15, 0.2) is 82.8 Å². The molecule has 5 nitrogen and oxygen atoms in total. The van der Waals surface area contributed by atoms with Crippen molar-refractivity contribution in [3.8, 4) is 0 Å². The summed E-state index contributed by atoms with van der Waals surface area (Å²) in [4.78, 5) is 21.7. The molecule has 1 aromatic heterocycles. The van der Waals surface area contributed by atoms with Crippen LogP contribution < -0.4 is 11.1 Å². The highest BCUT2D eigenvalue weighted by atomic mass is 32.2. The van der Waals surface area contributed by atoms with Gasteiger partial charge in [-0.2, -0.15) is 13.2 Å². The highest BCUT2D eigenvalue weighted by molar-refractivity contribution is 7.99. The lowest BCUT2D eigenvalue weighted by atomic mass is 10.0. The lowest BCUT2D eigenvalue weighted by Crippen LogP contribution is -2.13. The van der Waals surface area contributed by atoms with E-state index in [9.17, 15) is 18.0 Å². The number of fused-ring (bicyclic) bond motifs is 1. The molecule has 9 heteroatoms. The van der Waals surface area contributed by atoms with Gasteiger partial charge in [0.2, 0.25) is 5.95 Å². The van der Waals surface area contributed by atoms with E-state index in [1.54, 1.807) is 30.5 Å². The van der Waals surface area contributed by atoms with Crippen LogP contribution in [0.5, 0.6) is 0 Å². The number of benzene rings is 3. The van der Waals surface area contributed by atoms with E-state index in [4.69, 9.17) is 5.73 Å². The van der Waals surface area contributed by atoms with Crippen molar-refractivity contribution in [3.63, 3.8) is 0 Å². The van der Waals surface area contributed by atoms with Crippen molar-refractivity contribution in [2.75, 3.05) is 11.1 Å². The third-order valence-electron chi connectivity index (χ3n) is 4.42. The molecule has 0 fully saturated rings. The predicted molar refractivity (Wildman–Crippen MR) is 114 cm³/mol. The number of anilines is 2. The van der Waals surface area contributed by atoms with E-state index >= 15 is 0 Å². The molecule has 0 unspecified atom stereocenters. The van der Waals surface area contributed by atoms with Crippen LogP contribution in [-0.4, -0.2) is 15.9 Å². The molecule has 31 heavy (non-hydrogen) atoms. The van der Waals surface area contributed by atoms with Crippen LogP contribution >= 0.6 is 11.8 Å². The maximum Gasteiger partial charge on any atom is 0.416 e. The first-order valence-corrected chi connectivity index (χ1v) is 9.89. The minimum absolute atomic E-state index is 0.0744. The summed E-state index contributed by atoms with van der Waals surface area (Å²) in [6, 6.07) is 17.0. The second kappa shape index (κ2) is 8.27. The van der Waals surface area contributed by atoms with Crippen LogP contribution in [0.4, 0.5) is 24.8 Å². The van der Waals surface area contributed by atoms with E-state index in [-0.39, 0.29) is 11.6 Å². The number of carbonyl (C=O) groups excluding carboxylic acids is 1. The molecule has 0 aliphatic carbocycles. The smallest absolute Gasteiger partial charge is 0.368 e. The molecule has 0 radical (unpaired) electrons. The van der Waals surface area contributed by atoms with Gasteiger partial charge in [0.05, 0.1) is 5.56 Å². The summed E-state index contributed by atoms with van der Waals surface area (Å²) in [5, 5.41) is 4.72. The highest BCUT2D eigenvalue weighted by Gasteiger charge is 2.30. The molecule has 0 spiro atoms. The summed E-state index contributed by atoms with van der Waals surface area (Å²) in [6.45, 7) is 0. The molecular formula is C22H15F3N4OS. The first kappa shape index (κ1) is 20.7. The molecule has 0 saturated heterocycles. The molecule has 3 N–H and O–H groups in total. The number of nitrogens with two attached hydrogens (primary N) is 1. The summed E-state index contributed by atoms with van der Waals surface area (Å²) in [5.41, 5.74) is 5.22. The zero-order valence-corrected chi connectivity index (χ0v) is 16.7. The Kier molecular flexibility index (Phi) is 5.51. The van der Waals surface area contributed by atoms with Gasteiger partial charge in [0.1, 0.15) is 5.03 Å². The molecule has 0 atom stereocenters. The maximum atomic E-state index is 12.9. The van der Waals surface area contributed by atoms with E-state index in [0.29, 0.717) is 16.0 Å². The third kappa shape index (κ3) is 4.77. The van der Waals surface area contributed by atoms with E-state index in [1.165, 1.54) is 23.9 Å². The average molecular weight is 440 g/mol. The minimum Gasteiger partial charge on any atom is -0.368 e. The Balaban J connectivity index is 1.60. The Labute approximate surface area is 179 Å². The fraction of sp³-hybridized carbons (Fsp3) is 0.0455. The normalized spacial score (nSPS) is 11.5. The van der Waals surface area contributed by atoms with Crippen LogP contribution in [0.25, 0.3) is 10.8 Å². The van der Waals surface area contributed by atoms with Crippen LogP contribution in [0.1, 0.15) is 15.9 Å². The van der Waals surface area contributed by atoms with Crippen LogP contribution in [0.2, 0.25) is 0 Å². The standard InChI is InChI=1S/C22H15F3N4OS/c23-22(24,25)14-4-2-5-15(12-14)28-20(30)18-6-1-3-13-11-16(7-8-17(13)18)31-19-9-10-27-21(26)29-19/h1-12H,(H,28,30)(H2,26,27,29). The van der Waals surface area contributed by atoms with Gasteiger partial charge in [0.25, 0.3) is 5.91 Å². The number of hydrogen-bond acceptors (Lipinski definition) is 5. The SMILES string of the molecule is Nc1nccc(Sc2ccc3c(C(=O)Nc4cccc(C(F)(F)F)c4)cccc3c2)n1. The fourth-order valence-electron chi connectivity index (χ4n) is 3.03. The topological polar surface area (TPSA) is 80.9 Å². The number of carbonyl (C=O) groups is 1. The van der Waals surface area contributed by atoms with E-state index in [0.717, 1.165) is 22.4 Å². The Hall–Kier alpha value is -3.59. The van der Waals surface area contributed by atoms with Gasteiger partial charge in [-0.15, -0.1) is 0 Å². The van der Waals surface area contributed by atoms with E-state index in [1.807, 2.05) is 18.2 Å². The summed E-state index contributed by atoms with van der Waals surface area (Å²) >= 11 is 1.40. The van der Waals surface area contributed by atoms with Crippen LogP contribution in [0.3, 0.4) is 0 Å². The maximum absolute atomic E-state index is 12.9. The molecule has 0 bridgehead atoms. The molecule has 4 rings (SSSR count). The van der Waals surface area contributed by atoms with Gasteiger partial charge < -0.3 is 11.1 Å². The predicted octanol–water partition coefficient (Wildman–Crippen LogP) is 5.63. The highest BCUT2D eigenvalue weighted by Crippen LogP contribution is 2.32. The molecule has 3 aromatic carbocycles. The second-order valence-electron chi connectivity index (χ2n) is 6.58. The summed E-state index contributed by atoms with van der Waals surface area (Å²) < 4.78 is 38.8. The Morgan fingerprint density at radius 2 is 1.81 bits per heavy atom. The number of nitrogen functional groups attached to an aromatic ring is 1. The van der Waals surface area contributed by atoms with E-state index in [2.05, 4.69) is 15.3 Å². The van der Waals surface area contributed by atoms with Crippen molar-refractivity contribution in [3.05, 3.63) is 84.1 Å². The van der Waals surface area contributed by atoms with Crippen molar-refractivity contribution in [2.45, 2.75) is 16.1 Å². The molecule has 4 aromatic rings. The summed E-state index contributed by atoms with van der Waals surface area (Å²) in [5.74, 6) is -0.312. The summed E-state index contributed by atoms with van der Waals surface area (Å²) in [7, 11) is 0. The van der Waals surface area contributed by atoms with Crippen LogP contribution in [0, 0.1) is 0 Å². The Bertz CT molecular complexity index is 1280. The van der Waals surface area contributed by atoms with Crippen molar-refractivity contribution >= 4 is 40.1 Å². The quantitative estimate of drug-likeness (QED) is 0.402. The molecule has 0 aliphatic heterocycles.